The molecule has 1 aromatic carbocycles. The van der Waals surface area contributed by atoms with Crippen LogP contribution in [0.5, 0.6) is 0 Å². The van der Waals surface area contributed by atoms with E-state index in [0.29, 0.717) is 12.1 Å². The zero-order valence-corrected chi connectivity index (χ0v) is 16.4. The smallest absolute Gasteiger partial charge is 0.343 e. The maximum atomic E-state index is 14.5. The number of ether oxygens (including phenoxy) is 1. The quantitative estimate of drug-likeness (QED) is 0.706. The van der Waals surface area contributed by atoms with Crippen LogP contribution in [-0.4, -0.2) is 50.8 Å². The maximum Gasteiger partial charge on any atom is 0.343 e. The third-order valence-electron chi connectivity index (χ3n) is 5.26. The van der Waals surface area contributed by atoms with E-state index in [4.69, 9.17) is 0 Å². The van der Waals surface area contributed by atoms with Gasteiger partial charge in [0, 0.05) is 19.0 Å². The Balaban J connectivity index is 1.78. The summed E-state index contributed by atoms with van der Waals surface area (Å²) in [5, 5.41) is 0. The fraction of sp³-hybridized carbons (Fsp3) is 0.500. The molecule has 0 bridgehead atoms. The van der Waals surface area contributed by atoms with Crippen LogP contribution in [0.3, 0.4) is 0 Å². The van der Waals surface area contributed by atoms with Crippen LogP contribution in [-0.2, 0) is 24.3 Å². The van der Waals surface area contributed by atoms with Crippen LogP contribution in [0.1, 0.15) is 42.5 Å². The number of halogens is 2. The summed E-state index contributed by atoms with van der Waals surface area (Å²) < 4.78 is 59.1. The van der Waals surface area contributed by atoms with E-state index in [0.717, 1.165) is 32.8 Å². The van der Waals surface area contributed by atoms with E-state index in [-0.39, 0.29) is 24.9 Å². The highest BCUT2D eigenvalue weighted by Crippen LogP contribution is 2.30. The van der Waals surface area contributed by atoms with E-state index in [1.807, 2.05) is 0 Å². The van der Waals surface area contributed by atoms with Crippen LogP contribution in [0.4, 0.5) is 8.78 Å². The monoisotopic (exact) mass is 430 g/mol. The average molecular weight is 430 g/mol. The lowest BCUT2D eigenvalue weighted by molar-refractivity contribution is -0.130. The van der Waals surface area contributed by atoms with Crippen LogP contribution < -0.4 is 4.72 Å². The molecule has 0 radical (unpaired) electrons. The summed E-state index contributed by atoms with van der Waals surface area (Å²) in [6.45, 7) is 0.0875. The molecule has 1 saturated carbocycles. The topological polar surface area (TPSA) is 110 Å². The summed E-state index contributed by atoms with van der Waals surface area (Å²) >= 11 is 0. The van der Waals surface area contributed by atoms with Crippen LogP contribution in [0.15, 0.2) is 17.0 Å². The Kier molecular flexibility index (Phi) is 5.87. The van der Waals surface area contributed by atoms with Crippen LogP contribution in [0.25, 0.3) is 0 Å². The highest BCUT2D eigenvalue weighted by atomic mass is 32.2. The number of nitrogens with one attached hydrogen (secondary N) is 1. The Bertz CT molecular complexity index is 959. The minimum absolute atomic E-state index is 0.0501. The van der Waals surface area contributed by atoms with Crippen molar-refractivity contribution in [1.82, 2.24) is 9.62 Å². The van der Waals surface area contributed by atoms with E-state index < -0.39 is 49.9 Å². The van der Waals surface area contributed by atoms with Gasteiger partial charge >= 0.3 is 5.97 Å². The fourth-order valence-corrected chi connectivity index (χ4v) is 4.90. The van der Waals surface area contributed by atoms with E-state index >= 15 is 0 Å². The standard InChI is InChI=1S/C18H20F2N2O6S/c1-28-18(25)15-12(19)6-7-13(16(15)20)29(26,27)21-17(24)10-8-14(23)22(9-10)11-4-2-3-5-11/h6-7,10-11H,2-5,8-9H2,1H3,(H,21,24)/t10-/m0/s1. The largest absolute Gasteiger partial charge is 0.465 e. The number of sulfonamides is 1. The molecule has 1 aliphatic carbocycles. The number of esters is 1. The van der Waals surface area contributed by atoms with Crippen LogP contribution >= 0.6 is 0 Å². The van der Waals surface area contributed by atoms with Gasteiger partial charge in [-0.3, -0.25) is 9.59 Å². The molecule has 0 spiro atoms. The highest BCUT2D eigenvalue weighted by Gasteiger charge is 2.40. The molecule has 1 atom stereocenters. The molecule has 0 aromatic heterocycles. The summed E-state index contributed by atoms with van der Waals surface area (Å²) in [7, 11) is -3.86. The Morgan fingerprint density at radius 3 is 2.48 bits per heavy atom. The van der Waals surface area contributed by atoms with E-state index in [1.165, 1.54) is 0 Å². The summed E-state index contributed by atoms with van der Waals surface area (Å²) in [5.74, 6) is -6.43. The molecular formula is C18H20F2N2O6S. The summed E-state index contributed by atoms with van der Waals surface area (Å²) in [6.07, 6.45) is 3.53. The zero-order valence-electron chi connectivity index (χ0n) is 15.6. The third kappa shape index (κ3) is 4.09. The molecule has 8 nitrogen and oxygen atoms in total. The maximum absolute atomic E-state index is 14.5. The zero-order chi connectivity index (χ0) is 21.3. The van der Waals surface area contributed by atoms with Gasteiger partial charge in [-0.25, -0.2) is 26.7 Å². The molecule has 1 saturated heterocycles. The number of carbonyl (C=O) groups is 3. The first kappa shape index (κ1) is 21.2. The summed E-state index contributed by atoms with van der Waals surface area (Å²) in [6, 6.07) is 1.25. The van der Waals surface area contributed by atoms with Crippen molar-refractivity contribution in [3.05, 3.63) is 29.3 Å². The lowest BCUT2D eigenvalue weighted by Crippen LogP contribution is -2.39. The number of hydrogen-bond acceptors (Lipinski definition) is 6. The van der Waals surface area contributed by atoms with Gasteiger partial charge in [0.05, 0.1) is 13.0 Å². The van der Waals surface area contributed by atoms with Gasteiger partial charge in [0.2, 0.25) is 11.8 Å². The number of hydrogen-bond donors (Lipinski definition) is 1. The first-order valence-electron chi connectivity index (χ1n) is 9.08. The first-order chi connectivity index (χ1) is 13.7. The minimum Gasteiger partial charge on any atom is -0.465 e. The molecule has 1 aliphatic heterocycles. The van der Waals surface area contributed by atoms with Gasteiger partial charge in [-0.2, -0.15) is 0 Å². The lowest BCUT2D eigenvalue weighted by Gasteiger charge is -2.23. The molecule has 158 valence electrons. The number of nitrogens with zero attached hydrogens (tertiary/aromatic N) is 1. The van der Waals surface area contributed by atoms with Crippen LogP contribution in [0.2, 0.25) is 0 Å². The van der Waals surface area contributed by atoms with Crippen molar-refractivity contribution in [3.63, 3.8) is 0 Å². The van der Waals surface area contributed by atoms with Crippen molar-refractivity contribution < 1.29 is 36.3 Å². The normalized spacial score (nSPS) is 20.2. The Morgan fingerprint density at radius 2 is 1.86 bits per heavy atom. The van der Waals surface area contributed by atoms with Gasteiger partial charge in [-0.05, 0) is 25.0 Å². The van der Waals surface area contributed by atoms with Gasteiger partial charge in [-0.1, -0.05) is 12.8 Å². The molecular weight excluding hydrogens is 410 g/mol. The molecule has 2 amide bonds. The molecule has 2 aliphatic rings. The van der Waals surface area contributed by atoms with Gasteiger partial charge in [0.15, 0.2) is 5.82 Å². The molecule has 1 N–H and O–H groups in total. The molecule has 3 rings (SSSR count). The lowest BCUT2D eigenvalue weighted by atomic mass is 10.1. The summed E-state index contributed by atoms with van der Waals surface area (Å²) in [5.41, 5.74) is -1.17. The number of methoxy groups -OCH3 is 1. The Labute approximate surface area is 166 Å². The first-order valence-corrected chi connectivity index (χ1v) is 10.6. The van der Waals surface area contributed by atoms with Crippen molar-refractivity contribution >= 4 is 27.8 Å². The van der Waals surface area contributed by atoms with Gasteiger partial charge < -0.3 is 9.64 Å². The second-order valence-electron chi connectivity index (χ2n) is 7.08. The predicted molar refractivity (Wildman–Crippen MR) is 95.1 cm³/mol. The average Bonchev–Trinajstić information content (AvgIpc) is 3.30. The second kappa shape index (κ2) is 8.05. The third-order valence-corrected chi connectivity index (χ3v) is 6.63. The number of carbonyl (C=O) groups excluding carboxylic acids is 3. The molecule has 0 unspecified atom stereocenters. The minimum atomic E-state index is -4.74. The predicted octanol–water partition coefficient (Wildman–Crippen LogP) is 1.35. The molecule has 29 heavy (non-hydrogen) atoms. The number of rotatable bonds is 5. The van der Waals surface area contributed by atoms with Crippen molar-refractivity contribution in [2.45, 2.75) is 43.0 Å². The summed E-state index contributed by atoms with van der Waals surface area (Å²) in [4.78, 5) is 36.7. The number of likely N-dealkylation sites (tertiary alicyclic amines) is 1. The van der Waals surface area contributed by atoms with Crippen LogP contribution in [0, 0.1) is 17.6 Å². The Hall–Kier alpha value is -2.56. The Morgan fingerprint density at radius 1 is 1.21 bits per heavy atom. The highest BCUT2D eigenvalue weighted by molar-refractivity contribution is 7.90. The molecule has 1 aromatic rings. The SMILES string of the molecule is COC(=O)c1c(F)ccc(S(=O)(=O)NC(=O)[C@H]2CC(=O)N(C3CCCC3)C2)c1F. The van der Waals surface area contributed by atoms with Gasteiger partial charge in [0.25, 0.3) is 10.0 Å². The van der Waals surface area contributed by atoms with Gasteiger partial charge in [-0.15, -0.1) is 0 Å². The van der Waals surface area contributed by atoms with Crippen molar-refractivity contribution in [2.75, 3.05) is 13.7 Å². The van der Waals surface area contributed by atoms with E-state index in [2.05, 4.69) is 4.74 Å². The van der Waals surface area contributed by atoms with Gasteiger partial charge in [0.1, 0.15) is 16.3 Å². The fourth-order valence-electron chi connectivity index (χ4n) is 3.78. The van der Waals surface area contributed by atoms with Crippen molar-refractivity contribution in [1.29, 1.82) is 0 Å². The number of benzene rings is 1. The van der Waals surface area contributed by atoms with Crippen molar-refractivity contribution in [3.8, 4) is 0 Å². The van der Waals surface area contributed by atoms with E-state index in [9.17, 15) is 31.6 Å². The van der Waals surface area contributed by atoms with Crippen molar-refractivity contribution in [2.24, 2.45) is 5.92 Å². The number of amides is 2. The molecule has 2 fully saturated rings. The molecule has 11 heteroatoms. The second-order valence-corrected chi connectivity index (χ2v) is 8.73. The molecule has 1 heterocycles. The van der Waals surface area contributed by atoms with E-state index in [1.54, 1.807) is 9.62 Å².